The van der Waals surface area contributed by atoms with Gasteiger partial charge in [0.2, 0.25) is 0 Å². The number of nitrogens with zero attached hydrogens (tertiary/aromatic N) is 3. The van der Waals surface area contributed by atoms with Gasteiger partial charge >= 0.3 is 12.0 Å². The lowest BCUT2D eigenvalue weighted by Gasteiger charge is -2.16. The SMILES string of the molecule is CC1CN(C(=O)NCCCc2ncn[nH]2)CC1C(=O)O. The van der Waals surface area contributed by atoms with Crippen molar-refractivity contribution >= 4 is 12.0 Å². The number of likely N-dealkylation sites (tertiary alicyclic amines) is 1. The van der Waals surface area contributed by atoms with E-state index >= 15 is 0 Å². The van der Waals surface area contributed by atoms with E-state index in [4.69, 9.17) is 5.11 Å². The van der Waals surface area contributed by atoms with E-state index in [9.17, 15) is 9.59 Å². The molecule has 1 aromatic heterocycles. The van der Waals surface area contributed by atoms with E-state index in [0.717, 1.165) is 12.2 Å². The summed E-state index contributed by atoms with van der Waals surface area (Å²) in [5, 5.41) is 18.3. The highest BCUT2D eigenvalue weighted by Gasteiger charge is 2.36. The lowest BCUT2D eigenvalue weighted by atomic mass is 9.99. The molecule has 0 radical (unpaired) electrons. The van der Waals surface area contributed by atoms with Crippen molar-refractivity contribution < 1.29 is 14.7 Å². The van der Waals surface area contributed by atoms with Gasteiger partial charge in [-0.25, -0.2) is 9.78 Å². The molecule has 0 aliphatic carbocycles. The maximum Gasteiger partial charge on any atom is 0.317 e. The third kappa shape index (κ3) is 3.46. The van der Waals surface area contributed by atoms with Gasteiger partial charge in [0.05, 0.1) is 5.92 Å². The number of carboxylic acids is 1. The zero-order valence-corrected chi connectivity index (χ0v) is 11.4. The number of aromatic amines is 1. The number of aliphatic carboxylic acids is 1. The normalized spacial score (nSPS) is 21.9. The summed E-state index contributed by atoms with van der Waals surface area (Å²) < 4.78 is 0. The van der Waals surface area contributed by atoms with E-state index in [0.29, 0.717) is 19.5 Å². The van der Waals surface area contributed by atoms with Gasteiger partial charge in [-0.3, -0.25) is 9.89 Å². The largest absolute Gasteiger partial charge is 0.481 e. The van der Waals surface area contributed by atoms with Gasteiger partial charge in [-0.1, -0.05) is 6.92 Å². The second-order valence-electron chi connectivity index (χ2n) is 5.09. The van der Waals surface area contributed by atoms with Crippen LogP contribution in [0.2, 0.25) is 0 Å². The molecular weight excluding hydrogens is 262 g/mol. The number of carboxylic acid groups (broad SMARTS) is 1. The molecule has 1 saturated heterocycles. The van der Waals surface area contributed by atoms with Crippen LogP contribution in [0, 0.1) is 11.8 Å². The first-order chi connectivity index (χ1) is 9.58. The Labute approximate surface area is 116 Å². The number of aromatic nitrogens is 3. The van der Waals surface area contributed by atoms with Crippen LogP contribution < -0.4 is 5.32 Å². The average molecular weight is 281 g/mol. The molecule has 2 amide bonds. The minimum atomic E-state index is -0.835. The van der Waals surface area contributed by atoms with E-state index in [-0.39, 0.29) is 18.5 Å². The van der Waals surface area contributed by atoms with Crippen molar-refractivity contribution in [1.29, 1.82) is 0 Å². The minimum absolute atomic E-state index is 0.00700. The molecular formula is C12H19N5O3. The monoisotopic (exact) mass is 281 g/mol. The van der Waals surface area contributed by atoms with Crippen molar-refractivity contribution in [3.8, 4) is 0 Å². The Kier molecular flexibility index (Phi) is 4.54. The van der Waals surface area contributed by atoms with Crippen LogP contribution in [-0.2, 0) is 11.2 Å². The number of nitrogens with one attached hydrogen (secondary N) is 2. The molecule has 110 valence electrons. The van der Waals surface area contributed by atoms with Crippen LogP contribution in [0.25, 0.3) is 0 Å². The maximum absolute atomic E-state index is 11.9. The van der Waals surface area contributed by atoms with Crippen molar-refractivity contribution in [1.82, 2.24) is 25.4 Å². The third-order valence-electron chi connectivity index (χ3n) is 3.55. The number of hydrogen-bond donors (Lipinski definition) is 3. The van der Waals surface area contributed by atoms with E-state index < -0.39 is 11.9 Å². The minimum Gasteiger partial charge on any atom is -0.481 e. The summed E-state index contributed by atoms with van der Waals surface area (Å²) in [6.45, 7) is 3.16. The molecule has 1 aromatic rings. The number of aryl methyl sites for hydroxylation is 1. The van der Waals surface area contributed by atoms with Crippen LogP contribution in [0.15, 0.2) is 6.33 Å². The van der Waals surface area contributed by atoms with Crippen LogP contribution in [0.1, 0.15) is 19.2 Å². The number of carbonyl (C=O) groups is 2. The molecule has 8 heteroatoms. The quantitative estimate of drug-likeness (QED) is 0.663. The molecule has 8 nitrogen and oxygen atoms in total. The number of H-pyrrole nitrogens is 1. The van der Waals surface area contributed by atoms with Gasteiger partial charge in [-0.2, -0.15) is 5.10 Å². The van der Waals surface area contributed by atoms with Gasteiger partial charge in [-0.15, -0.1) is 0 Å². The zero-order chi connectivity index (χ0) is 14.5. The predicted octanol–water partition coefficient (Wildman–Crippen LogP) is 0.0994. The molecule has 2 heterocycles. The molecule has 1 aliphatic heterocycles. The lowest BCUT2D eigenvalue weighted by Crippen LogP contribution is -2.39. The smallest absolute Gasteiger partial charge is 0.317 e. The van der Waals surface area contributed by atoms with E-state index in [1.165, 1.54) is 6.33 Å². The zero-order valence-electron chi connectivity index (χ0n) is 11.4. The van der Waals surface area contributed by atoms with Crippen LogP contribution >= 0.6 is 0 Å². The summed E-state index contributed by atoms with van der Waals surface area (Å²) in [7, 11) is 0. The summed E-state index contributed by atoms with van der Waals surface area (Å²) in [6.07, 6.45) is 2.92. The fourth-order valence-corrected chi connectivity index (χ4v) is 2.37. The van der Waals surface area contributed by atoms with Crippen LogP contribution in [0.4, 0.5) is 4.79 Å². The molecule has 0 saturated carbocycles. The van der Waals surface area contributed by atoms with Crippen LogP contribution in [-0.4, -0.2) is 56.8 Å². The van der Waals surface area contributed by atoms with Crippen molar-refractivity contribution in [2.45, 2.75) is 19.8 Å². The fourth-order valence-electron chi connectivity index (χ4n) is 2.37. The topological polar surface area (TPSA) is 111 Å². The molecule has 2 unspecified atom stereocenters. The van der Waals surface area contributed by atoms with Gasteiger partial charge in [0.15, 0.2) is 0 Å². The highest BCUT2D eigenvalue weighted by molar-refractivity contribution is 5.77. The molecule has 3 N–H and O–H groups in total. The molecule has 1 aliphatic rings. The first kappa shape index (κ1) is 14.3. The molecule has 20 heavy (non-hydrogen) atoms. The van der Waals surface area contributed by atoms with Crippen molar-refractivity contribution in [2.24, 2.45) is 11.8 Å². The summed E-state index contributed by atoms with van der Waals surface area (Å²) in [4.78, 5) is 28.5. The molecule has 2 rings (SSSR count). The van der Waals surface area contributed by atoms with Gasteiger partial charge < -0.3 is 15.3 Å². The van der Waals surface area contributed by atoms with E-state index in [2.05, 4.69) is 20.5 Å². The van der Waals surface area contributed by atoms with Gasteiger partial charge in [0, 0.05) is 26.1 Å². The highest BCUT2D eigenvalue weighted by Crippen LogP contribution is 2.22. The molecule has 0 spiro atoms. The summed E-state index contributed by atoms with van der Waals surface area (Å²) in [5.74, 6) is -0.513. The number of carbonyl (C=O) groups excluding carboxylic acids is 1. The second kappa shape index (κ2) is 6.36. The molecule has 2 atom stereocenters. The Bertz CT molecular complexity index is 462. The van der Waals surface area contributed by atoms with Crippen molar-refractivity contribution in [3.63, 3.8) is 0 Å². The Morgan fingerprint density at radius 3 is 2.95 bits per heavy atom. The van der Waals surface area contributed by atoms with Gasteiger partial charge in [0.1, 0.15) is 12.2 Å². The van der Waals surface area contributed by atoms with E-state index in [1.54, 1.807) is 4.90 Å². The Morgan fingerprint density at radius 1 is 1.55 bits per heavy atom. The number of amides is 2. The fraction of sp³-hybridized carbons (Fsp3) is 0.667. The van der Waals surface area contributed by atoms with Gasteiger partial charge in [-0.05, 0) is 12.3 Å². The van der Waals surface area contributed by atoms with E-state index in [1.807, 2.05) is 6.92 Å². The summed E-state index contributed by atoms with van der Waals surface area (Å²) >= 11 is 0. The molecule has 0 bridgehead atoms. The van der Waals surface area contributed by atoms with Gasteiger partial charge in [0.25, 0.3) is 0 Å². The maximum atomic E-state index is 11.9. The Morgan fingerprint density at radius 2 is 2.35 bits per heavy atom. The van der Waals surface area contributed by atoms with Crippen LogP contribution in [0.5, 0.6) is 0 Å². The average Bonchev–Trinajstić information content (AvgIpc) is 3.03. The lowest BCUT2D eigenvalue weighted by molar-refractivity contribution is -0.142. The Hall–Kier alpha value is -2.12. The number of rotatable bonds is 5. The first-order valence-electron chi connectivity index (χ1n) is 6.67. The number of hydrogen-bond acceptors (Lipinski definition) is 4. The summed E-state index contributed by atoms with van der Waals surface area (Å²) in [5.41, 5.74) is 0. The predicted molar refractivity (Wildman–Crippen MR) is 70.0 cm³/mol. The Balaban J connectivity index is 1.69. The highest BCUT2D eigenvalue weighted by atomic mass is 16.4. The standard InChI is InChI=1S/C12H19N5O3/c1-8-5-17(6-9(8)11(18)19)12(20)13-4-2-3-10-14-7-15-16-10/h7-9H,2-6H2,1H3,(H,13,20)(H,18,19)(H,14,15,16). The molecule has 1 fully saturated rings. The summed E-state index contributed by atoms with van der Waals surface area (Å²) in [6, 6.07) is -0.196. The third-order valence-corrected chi connectivity index (χ3v) is 3.55. The van der Waals surface area contributed by atoms with Crippen molar-refractivity contribution in [2.75, 3.05) is 19.6 Å². The number of urea groups is 1. The van der Waals surface area contributed by atoms with Crippen molar-refractivity contribution in [3.05, 3.63) is 12.2 Å². The van der Waals surface area contributed by atoms with Crippen LogP contribution in [0.3, 0.4) is 0 Å². The first-order valence-corrected chi connectivity index (χ1v) is 6.67. The second-order valence-corrected chi connectivity index (χ2v) is 5.09. The molecule has 0 aromatic carbocycles.